The number of rotatable bonds is 4. The van der Waals surface area contributed by atoms with Gasteiger partial charge in [0.2, 0.25) is 0 Å². The summed E-state index contributed by atoms with van der Waals surface area (Å²) in [5, 5.41) is 6.39. The quantitative estimate of drug-likeness (QED) is 0.495. The van der Waals surface area contributed by atoms with Crippen molar-refractivity contribution in [2.45, 2.75) is 20.4 Å². The van der Waals surface area contributed by atoms with Crippen molar-refractivity contribution < 1.29 is 0 Å². The number of anilines is 1. The molecule has 4 aromatic rings. The van der Waals surface area contributed by atoms with Crippen molar-refractivity contribution in [1.29, 1.82) is 0 Å². The SMILES string of the molecule is Cc1cc(C)n(-c2cncc(N3CCN(Cc4cc(=O)n5ccsc5n4)CC3)n2)n1. The molecule has 0 saturated carbocycles. The molecule has 5 heterocycles. The Hall–Kier alpha value is -3.11. The number of piperazine rings is 1. The van der Waals surface area contributed by atoms with Crippen molar-refractivity contribution in [1.82, 2.24) is 34.0 Å². The number of nitrogens with zero attached hydrogens (tertiary/aromatic N) is 8. The lowest BCUT2D eigenvalue weighted by Crippen LogP contribution is -2.46. The Labute approximate surface area is 177 Å². The van der Waals surface area contributed by atoms with Crippen LogP contribution in [0.3, 0.4) is 0 Å². The molecule has 0 N–H and O–H groups in total. The highest BCUT2D eigenvalue weighted by Crippen LogP contribution is 2.17. The second-order valence-electron chi connectivity index (χ2n) is 7.48. The second kappa shape index (κ2) is 7.62. The first-order valence-electron chi connectivity index (χ1n) is 9.85. The lowest BCUT2D eigenvalue weighted by Gasteiger charge is -2.35. The van der Waals surface area contributed by atoms with Crippen molar-refractivity contribution in [2.24, 2.45) is 0 Å². The molecule has 154 valence electrons. The molecule has 0 atom stereocenters. The summed E-state index contributed by atoms with van der Waals surface area (Å²) in [6.07, 6.45) is 5.31. The predicted molar refractivity (Wildman–Crippen MR) is 115 cm³/mol. The second-order valence-corrected chi connectivity index (χ2v) is 8.35. The summed E-state index contributed by atoms with van der Waals surface area (Å²) in [7, 11) is 0. The molecule has 0 aliphatic carbocycles. The fraction of sp³-hybridized carbons (Fsp3) is 0.350. The Kier molecular flexibility index (Phi) is 4.80. The Bertz CT molecular complexity index is 1250. The van der Waals surface area contributed by atoms with E-state index in [1.807, 2.05) is 30.0 Å². The minimum absolute atomic E-state index is 0.0221. The summed E-state index contributed by atoms with van der Waals surface area (Å²) in [5.41, 5.74) is 2.80. The van der Waals surface area contributed by atoms with Crippen molar-refractivity contribution >= 4 is 22.1 Å². The van der Waals surface area contributed by atoms with Crippen LogP contribution in [0.1, 0.15) is 17.1 Å². The van der Waals surface area contributed by atoms with Crippen LogP contribution in [-0.4, -0.2) is 60.2 Å². The maximum Gasteiger partial charge on any atom is 0.258 e. The predicted octanol–water partition coefficient (Wildman–Crippen LogP) is 1.67. The molecule has 1 aliphatic rings. The van der Waals surface area contributed by atoms with Gasteiger partial charge in [0.25, 0.3) is 5.56 Å². The number of hydrogen-bond donors (Lipinski definition) is 0. The van der Waals surface area contributed by atoms with E-state index in [2.05, 4.69) is 24.9 Å². The molecule has 1 fully saturated rings. The number of aromatic nitrogens is 6. The van der Waals surface area contributed by atoms with E-state index >= 15 is 0 Å². The van der Waals surface area contributed by atoms with E-state index in [1.165, 1.54) is 11.3 Å². The molecule has 1 saturated heterocycles. The van der Waals surface area contributed by atoms with E-state index < -0.39 is 0 Å². The van der Waals surface area contributed by atoms with Crippen LogP contribution in [0.25, 0.3) is 10.8 Å². The van der Waals surface area contributed by atoms with Gasteiger partial charge in [-0.15, -0.1) is 11.3 Å². The van der Waals surface area contributed by atoms with Crippen molar-refractivity contribution in [3.05, 3.63) is 63.5 Å². The van der Waals surface area contributed by atoms with Gasteiger partial charge in [0.15, 0.2) is 10.8 Å². The van der Waals surface area contributed by atoms with Crippen LogP contribution in [0.4, 0.5) is 5.82 Å². The van der Waals surface area contributed by atoms with Crippen molar-refractivity contribution in [2.75, 3.05) is 31.1 Å². The third-order valence-electron chi connectivity index (χ3n) is 5.27. The van der Waals surface area contributed by atoms with E-state index in [0.29, 0.717) is 6.54 Å². The average Bonchev–Trinajstić information content (AvgIpc) is 3.35. The lowest BCUT2D eigenvalue weighted by molar-refractivity contribution is 0.246. The summed E-state index contributed by atoms with van der Waals surface area (Å²) in [6, 6.07) is 3.66. The Morgan fingerprint density at radius 3 is 2.60 bits per heavy atom. The molecule has 1 aliphatic heterocycles. The monoisotopic (exact) mass is 422 g/mol. The molecule has 0 bridgehead atoms. The Morgan fingerprint density at radius 1 is 1.03 bits per heavy atom. The van der Waals surface area contributed by atoms with Gasteiger partial charge >= 0.3 is 0 Å². The molecule has 0 spiro atoms. The third kappa shape index (κ3) is 3.59. The largest absolute Gasteiger partial charge is 0.353 e. The zero-order chi connectivity index (χ0) is 20.7. The standard InChI is InChI=1S/C20H22N8OS/c1-14-9-15(2)28(24-14)18-12-21-11-17(23-18)26-5-3-25(4-6-26)13-16-10-19(29)27-7-8-30-20(27)22-16/h7-12H,3-6,13H2,1-2H3. The van der Waals surface area contributed by atoms with Gasteiger partial charge in [-0.25, -0.2) is 14.6 Å². The Morgan fingerprint density at radius 2 is 1.83 bits per heavy atom. The molecule has 9 nitrogen and oxygen atoms in total. The van der Waals surface area contributed by atoms with E-state index in [0.717, 1.165) is 59.9 Å². The highest BCUT2D eigenvalue weighted by atomic mass is 32.1. The summed E-state index contributed by atoms with van der Waals surface area (Å²) in [5.74, 6) is 1.59. The maximum absolute atomic E-state index is 12.2. The normalized spacial score (nSPS) is 15.2. The average molecular weight is 423 g/mol. The number of aryl methyl sites for hydroxylation is 2. The minimum atomic E-state index is -0.0221. The molecule has 0 amide bonds. The molecule has 0 unspecified atom stereocenters. The van der Waals surface area contributed by atoms with Gasteiger partial charge in [-0.3, -0.25) is 19.1 Å². The highest BCUT2D eigenvalue weighted by Gasteiger charge is 2.20. The first-order valence-corrected chi connectivity index (χ1v) is 10.7. The van der Waals surface area contributed by atoms with E-state index in [-0.39, 0.29) is 5.56 Å². The molecular weight excluding hydrogens is 400 g/mol. The molecule has 5 rings (SSSR count). The Balaban J connectivity index is 1.27. The van der Waals surface area contributed by atoms with Crippen LogP contribution in [0.15, 0.2) is 40.9 Å². The zero-order valence-corrected chi connectivity index (χ0v) is 17.7. The van der Waals surface area contributed by atoms with Crippen LogP contribution < -0.4 is 10.5 Å². The van der Waals surface area contributed by atoms with Crippen LogP contribution >= 0.6 is 11.3 Å². The fourth-order valence-electron chi connectivity index (χ4n) is 3.79. The van der Waals surface area contributed by atoms with Gasteiger partial charge in [-0.1, -0.05) is 0 Å². The van der Waals surface area contributed by atoms with Gasteiger partial charge in [0, 0.05) is 56.1 Å². The molecule has 0 radical (unpaired) electrons. The lowest BCUT2D eigenvalue weighted by atomic mass is 10.3. The van der Waals surface area contributed by atoms with Gasteiger partial charge in [-0.2, -0.15) is 5.10 Å². The topological polar surface area (TPSA) is 84.5 Å². The summed E-state index contributed by atoms with van der Waals surface area (Å²) in [4.78, 5) is 31.3. The van der Waals surface area contributed by atoms with Gasteiger partial charge in [-0.05, 0) is 19.9 Å². The highest BCUT2D eigenvalue weighted by molar-refractivity contribution is 7.15. The first kappa shape index (κ1) is 18.9. The van der Waals surface area contributed by atoms with Crippen LogP contribution in [0, 0.1) is 13.8 Å². The summed E-state index contributed by atoms with van der Waals surface area (Å²) in [6.45, 7) is 8.09. The minimum Gasteiger partial charge on any atom is -0.353 e. The molecule has 0 aromatic carbocycles. The third-order valence-corrected chi connectivity index (χ3v) is 6.03. The molecular formula is C20H22N8OS. The zero-order valence-electron chi connectivity index (χ0n) is 16.9. The van der Waals surface area contributed by atoms with Crippen LogP contribution in [0.2, 0.25) is 0 Å². The van der Waals surface area contributed by atoms with Crippen molar-refractivity contribution in [3.8, 4) is 5.82 Å². The van der Waals surface area contributed by atoms with Crippen LogP contribution in [0.5, 0.6) is 0 Å². The van der Waals surface area contributed by atoms with E-state index in [9.17, 15) is 4.79 Å². The first-order chi connectivity index (χ1) is 14.6. The molecule has 10 heteroatoms. The smallest absolute Gasteiger partial charge is 0.258 e. The van der Waals surface area contributed by atoms with Crippen LogP contribution in [-0.2, 0) is 6.54 Å². The van der Waals surface area contributed by atoms with E-state index in [1.54, 1.807) is 29.1 Å². The maximum atomic E-state index is 12.2. The van der Waals surface area contributed by atoms with Gasteiger partial charge in [0.1, 0.15) is 5.82 Å². The van der Waals surface area contributed by atoms with Gasteiger partial charge < -0.3 is 4.90 Å². The van der Waals surface area contributed by atoms with Crippen molar-refractivity contribution in [3.63, 3.8) is 0 Å². The summed E-state index contributed by atoms with van der Waals surface area (Å²) < 4.78 is 3.41. The summed E-state index contributed by atoms with van der Waals surface area (Å²) >= 11 is 1.48. The number of hydrogen-bond acceptors (Lipinski definition) is 8. The molecule has 4 aromatic heterocycles. The van der Waals surface area contributed by atoms with E-state index in [4.69, 9.17) is 4.98 Å². The number of fused-ring (bicyclic) bond motifs is 1. The fourth-order valence-corrected chi connectivity index (χ4v) is 4.53. The van der Waals surface area contributed by atoms with Gasteiger partial charge in [0.05, 0.1) is 23.8 Å². The number of thiazole rings is 1. The molecule has 30 heavy (non-hydrogen) atoms.